The van der Waals surface area contributed by atoms with Gasteiger partial charge in [-0.2, -0.15) is 10.1 Å². The zero-order valence-electron chi connectivity index (χ0n) is 20.6. The summed E-state index contributed by atoms with van der Waals surface area (Å²) in [6, 6.07) is 5.82. The highest BCUT2D eigenvalue weighted by Gasteiger charge is 2.29. The van der Waals surface area contributed by atoms with Crippen LogP contribution in [0.15, 0.2) is 47.4 Å². The molecule has 10 heteroatoms. The third-order valence-electron chi connectivity index (χ3n) is 5.90. The van der Waals surface area contributed by atoms with E-state index in [1.807, 2.05) is 23.0 Å². The summed E-state index contributed by atoms with van der Waals surface area (Å²) in [5, 5.41) is 18.4. The first-order valence-electron chi connectivity index (χ1n) is 11.7. The number of nitrogens with one attached hydrogen (secondary N) is 3. The van der Waals surface area contributed by atoms with Gasteiger partial charge in [-0.3, -0.25) is 19.7 Å². The molecule has 0 bridgehead atoms. The largest absolute Gasteiger partial charge is 0.494 e. The number of para-hydroxylation sites is 1. The molecule has 1 aromatic carbocycles. The molecule has 0 atom stereocenters. The summed E-state index contributed by atoms with van der Waals surface area (Å²) in [7, 11) is 2.98. The van der Waals surface area contributed by atoms with Gasteiger partial charge in [0, 0.05) is 36.4 Å². The Hall–Kier alpha value is -3.95. The van der Waals surface area contributed by atoms with Gasteiger partial charge in [-0.15, -0.1) is 0 Å². The van der Waals surface area contributed by atoms with Crippen LogP contribution >= 0.6 is 0 Å². The predicted molar refractivity (Wildman–Crippen MR) is 137 cm³/mol. The molecule has 35 heavy (non-hydrogen) atoms. The number of amides is 2. The number of carbonyl (C=O) groups excluding carboxylic acids is 2. The summed E-state index contributed by atoms with van der Waals surface area (Å²) < 4.78 is 7.67. The number of hydrogen-bond acceptors (Lipinski definition) is 6. The first-order chi connectivity index (χ1) is 16.8. The van der Waals surface area contributed by atoms with E-state index in [4.69, 9.17) is 15.9 Å². The van der Waals surface area contributed by atoms with Gasteiger partial charge in [0.15, 0.2) is 0 Å². The zero-order chi connectivity index (χ0) is 25.5. The highest BCUT2D eigenvalue weighted by Crippen LogP contribution is 2.37. The number of nitrogens with zero attached hydrogens (tertiary/aromatic N) is 3. The number of methoxy groups -OCH3 is 1. The zero-order valence-corrected chi connectivity index (χ0v) is 20.6. The maximum atomic E-state index is 12.2. The van der Waals surface area contributed by atoms with Crippen molar-refractivity contribution in [2.45, 2.75) is 45.6 Å². The van der Waals surface area contributed by atoms with Gasteiger partial charge in [-0.05, 0) is 31.7 Å². The van der Waals surface area contributed by atoms with Crippen molar-refractivity contribution < 1.29 is 14.3 Å². The van der Waals surface area contributed by atoms with E-state index in [0.29, 0.717) is 17.5 Å². The molecule has 5 N–H and O–H groups in total. The fraction of sp³-hybridized carbons (Fsp3) is 0.400. The monoisotopic (exact) mass is 479 g/mol. The van der Waals surface area contributed by atoms with Crippen LogP contribution in [-0.4, -0.2) is 47.3 Å². The Morgan fingerprint density at radius 1 is 1.34 bits per heavy atom. The number of rotatable bonds is 11. The van der Waals surface area contributed by atoms with E-state index in [-0.39, 0.29) is 29.1 Å². The predicted octanol–water partition coefficient (Wildman–Crippen LogP) is 3.28. The number of benzene rings is 1. The highest BCUT2D eigenvalue weighted by molar-refractivity contribution is 6.45. The lowest BCUT2D eigenvalue weighted by Crippen LogP contribution is -2.31. The average Bonchev–Trinajstić information content (AvgIpc) is 3.61. The summed E-state index contributed by atoms with van der Waals surface area (Å²) in [5.41, 5.74) is 7.87. The lowest BCUT2D eigenvalue weighted by Gasteiger charge is -2.17. The van der Waals surface area contributed by atoms with Crippen molar-refractivity contribution in [2.24, 2.45) is 16.6 Å². The van der Waals surface area contributed by atoms with E-state index in [1.54, 1.807) is 19.4 Å². The topological polar surface area (TPSA) is 147 Å². The lowest BCUT2D eigenvalue weighted by molar-refractivity contribution is -0.119. The normalized spacial score (nSPS) is 14.1. The number of ether oxygens (including phenoxy) is 1. The molecular formula is C25H33N7O3. The molecule has 186 valence electrons. The Morgan fingerprint density at radius 3 is 2.66 bits per heavy atom. The smallest absolute Gasteiger partial charge is 0.271 e. The van der Waals surface area contributed by atoms with E-state index in [1.165, 1.54) is 13.1 Å². The van der Waals surface area contributed by atoms with E-state index in [0.717, 1.165) is 36.8 Å². The summed E-state index contributed by atoms with van der Waals surface area (Å²) in [5.74, 6) is -0.573. The molecular weight excluding hydrogens is 446 g/mol. The molecule has 0 saturated heterocycles. The number of anilines is 1. The minimum atomic E-state index is -0.619. The van der Waals surface area contributed by atoms with Gasteiger partial charge >= 0.3 is 0 Å². The molecule has 1 heterocycles. The van der Waals surface area contributed by atoms with Crippen LogP contribution in [0.1, 0.15) is 45.6 Å². The van der Waals surface area contributed by atoms with Gasteiger partial charge in [-0.25, -0.2) is 0 Å². The van der Waals surface area contributed by atoms with Crippen LogP contribution in [-0.2, 0) is 9.59 Å². The number of amidine groups is 1. The molecule has 0 aliphatic heterocycles. The third kappa shape index (κ3) is 6.14. The van der Waals surface area contributed by atoms with E-state index in [9.17, 15) is 9.59 Å². The van der Waals surface area contributed by atoms with Crippen LogP contribution in [0.25, 0.3) is 11.1 Å². The summed E-state index contributed by atoms with van der Waals surface area (Å²) in [4.78, 5) is 28.2. The molecule has 1 aliphatic rings. The fourth-order valence-corrected chi connectivity index (χ4v) is 3.71. The summed E-state index contributed by atoms with van der Waals surface area (Å²) in [6.45, 7) is 4.26. The van der Waals surface area contributed by atoms with Crippen LogP contribution in [0.2, 0.25) is 0 Å². The second-order valence-electron chi connectivity index (χ2n) is 8.35. The molecule has 0 spiro atoms. The van der Waals surface area contributed by atoms with Crippen molar-refractivity contribution in [1.82, 2.24) is 15.1 Å². The van der Waals surface area contributed by atoms with Crippen LogP contribution < -0.4 is 21.1 Å². The standard InChI is InChI=1S/C25H33N7O3/c1-5-17(6-2)32-14-16(13-29-32)18-8-7-9-19(23(18)35-4)30-20(22(27)25(34)28-3)12-21(26)31-24(33)15-10-11-15/h7-9,12-15,17,27,30H,5-6,10-11H2,1-4H3,(H,28,34)(H2,26,31,33)/b20-12+,27-22?. The van der Waals surface area contributed by atoms with Crippen molar-refractivity contribution in [2.75, 3.05) is 19.5 Å². The van der Waals surface area contributed by atoms with E-state index in [2.05, 4.69) is 34.6 Å². The molecule has 0 radical (unpaired) electrons. The van der Waals surface area contributed by atoms with Crippen molar-refractivity contribution in [1.29, 1.82) is 5.41 Å². The quantitative estimate of drug-likeness (QED) is 0.287. The third-order valence-corrected chi connectivity index (χ3v) is 5.90. The Morgan fingerprint density at radius 2 is 2.06 bits per heavy atom. The van der Waals surface area contributed by atoms with Gasteiger partial charge < -0.3 is 21.1 Å². The first-order valence-corrected chi connectivity index (χ1v) is 11.7. The Bertz CT molecular complexity index is 1160. The molecule has 0 unspecified atom stereocenters. The number of aliphatic imine (C=N–C) groups is 1. The molecule has 1 saturated carbocycles. The number of hydrogen-bond donors (Lipinski definition) is 4. The van der Waals surface area contributed by atoms with E-state index < -0.39 is 5.91 Å². The molecule has 10 nitrogen and oxygen atoms in total. The molecule has 2 aromatic rings. The Balaban J connectivity index is 1.98. The van der Waals surface area contributed by atoms with Crippen LogP contribution in [0.3, 0.4) is 0 Å². The van der Waals surface area contributed by atoms with Gasteiger partial charge in [-0.1, -0.05) is 26.0 Å². The van der Waals surface area contributed by atoms with Crippen LogP contribution in [0.5, 0.6) is 5.75 Å². The lowest BCUT2D eigenvalue weighted by atomic mass is 10.1. The Labute approximate surface area is 205 Å². The van der Waals surface area contributed by atoms with Gasteiger partial charge in [0.05, 0.1) is 30.7 Å². The number of aromatic nitrogens is 2. The van der Waals surface area contributed by atoms with Gasteiger partial charge in [0.2, 0.25) is 0 Å². The number of nitrogens with two attached hydrogens (primary N) is 1. The maximum Gasteiger partial charge on any atom is 0.271 e. The van der Waals surface area contributed by atoms with Crippen molar-refractivity contribution >= 4 is 29.0 Å². The Kier molecular flexibility index (Phi) is 8.40. The molecule has 1 fully saturated rings. The van der Waals surface area contributed by atoms with Crippen molar-refractivity contribution in [3.8, 4) is 16.9 Å². The second kappa shape index (κ2) is 11.5. The van der Waals surface area contributed by atoms with Gasteiger partial charge in [0.1, 0.15) is 17.3 Å². The molecule has 2 amide bonds. The first kappa shape index (κ1) is 25.7. The average molecular weight is 480 g/mol. The second-order valence-corrected chi connectivity index (χ2v) is 8.35. The summed E-state index contributed by atoms with van der Waals surface area (Å²) >= 11 is 0. The van der Waals surface area contributed by atoms with Crippen molar-refractivity contribution in [3.05, 3.63) is 42.4 Å². The van der Waals surface area contributed by atoms with Crippen LogP contribution in [0.4, 0.5) is 5.69 Å². The molecule has 3 rings (SSSR count). The fourth-order valence-electron chi connectivity index (χ4n) is 3.71. The molecule has 1 aliphatic carbocycles. The van der Waals surface area contributed by atoms with E-state index >= 15 is 0 Å². The van der Waals surface area contributed by atoms with Crippen LogP contribution in [0, 0.1) is 11.3 Å². The highest BCUT2D eigenvalue weighted by atomic mass is 16.5. The number of carbonyl (C=O) groups is 2. The minimum absolute atomic E-state index is 0.0809. The minimum Gasteiger partial charge on any atom is -0.494 e. The molecule has 1 aromatic heterocycles. The SMILES string of the molecule is CCC(CC)n1cc(-c2cccc(N/C(=C/C(N)=NC(=O)C3CC3)C(=N)C(=O)NC)c2OC)cn1. The summed E-state index contributed by atoms with van der Waals surface area (Å²) in [6.07, 6.45) is 8.63. The maximum absolute atomic E-state index is 12.2. The van der Waals surface area contributed by atoms with Crippen molar-refractivity contribution in [3.63, 3.8) is 0 Å². The van der Waals surface area contributed by atoms with Gasteiger partial charge in [0.25, 0.3) is 11.8 Å².